The van der Waals surface area contributed by atoms with Crippen molar-refractivity contribution in [3.05, 3.63) is 58.3 Å². The minimum absolute atomic E-state index is 0.161. The maximum absolute atomic E-state index is 12.0. The van der Waals surface area contributed by atoms with Crippen LogP contribution in [0.5, 0.6) is 0 Å². The van der Waals surface area contributed by atoms with Crippen molar-refractivity contribution < 1.29 is 0 Å². The van der Waals surface area contributed by atoms with Crippen LogP contribution in [0.3, 0.4) is 0 Å². The Balaban J connectivity index is 2.24. The Morgan fingerprint density at radius 3 is 2.84 bits per heavy atom. The van der Waals surface area contributed by atoms with Gasteiger partial charge in [0.05, 0.1) is 11.2 Å². The average Bonchev–Trinajstić information content (AvgIpc) is 2.42. The predicted molar refractivity (Wildman–Crippen MR) is 75.1 cm³/mol. The van der Waals surface area contributed by atoms with E-state index in [1.165, 1.54) is 0 Å². The number of aromatic nitrogens is 3. The second kappa shape index (κ2) is 4.31. The number of hydrogen-bond acceptors (Lipinski definition) is 3. The zero-order valence-corrected chi connectivity index (χ0v) is 10.8. The third kappa shape index (κ3) is 2.01. The first-order valence-corrected chi connectivity index (χ1v) is 6.08. The summed E-state index contributed by atoms with van der Waals surface area (Å²) in [6, 6.07) is 9.57. The summed E-state index contributed by atoms with van der Waals surface area (Å²) < 4.78 is 0. The van der Waals surface area contributed by atoms with E-state index in [0.29, 0.717) is 5.69 Å². The molecule has 0 aliphatic carbocycles. The lowest BCUT2D eigenvalue weighted by Crippen LogP contribution is -2.14. The highest BCUT2D eigenvalue weighted by Crippen LogP contribution is 2.19. The molecule has 0 amide bonds. The summed E-state index contributed by atoms with van der Waals surface area (Å²) in [7, 11) is 0. The molecule has 3 rings (SSSR count). The van der Waals surface area contributed by atoms with Gasteiger partial charge in [-0.25, -0.2) is 4.98 Å². The zero-order valence-electron chi connectivity index (χ0n) is 10.8. The van der Waals surface area contributed by atoms with E-state index in [1.807, 2.05) is 44.2 Å². The Bertz CT molecular complexity index is 821. The lowest BCUT2D eigenvalue weighted by Gasteiger charge is -2.05. The van der Waals surface area contributed by atoms with Crippen LogP contribution in [0, 0.1) is 13.8 Å². The van der Waals surface area contributed by atoms with Gasteiger partial charge in [-0.3, -0.25) is 9.78 Å². The van der Waals surface area contributed by atoms with E-state index in [1.54, 1.807) is 6.20 Å². The normalized spacial score (nSPS) is 10.8. The molecule has 0 fully saturated rings. The number of fused-ring (bicyclic) bond motifs is 1. The van der Waals surface area contributed by atoms with Crippen LogP contribution in [-0.4, -0.2) is 15.0 Å². The highest BCUT2D eigenvalue weighted by Gasteiger charge is 2.08. The topological polar surface area (TPSA) is 58.6 Å². The molecule has 0 aliphatic rings. The van der Waals surface area contributed by atoms with Crippen molar-refractivity contribution in [1.82, 2.24) is 15.0 Å². The SMILES string of the molecule is Cc1nc(-c2ccc3ncccc3c2)c(=O)[nH]c1C. The second-order valence-electron chi connectivity index (χ2n) is 4.54. The van der Waals surface area contributed by atoms with Gasteiger partial charge in [0.2, 0.25) is 0 Å². The van der Waals surface area contributed by atoms with Gasteiger partial charge >= 0.3 is 0 Å². The number of pyridine rings is 1. The Labute approximate surface area is 110 Å². The van der Waals surface area contributed by atoms with Crippen LogP contribution in [0.1, 0.15) is 11.4 Å². The molecule has 0 bridgehead atoms. The van der Waals surface area contributed by atoms with Crippen molar-refractivity contribution in [2.45, 2.75) is 13.8 Å². The fourth-order valence-corrected chi connectivity index (χ4v) is 2.04. The number of rotatable bonds is 1. The minimum Gasteiger partial charge on any atom is -0.323 e. The molecule has 3 aromatic rings. The molecule has 0 aliphatic heterocycles. The second-order valence-corrected chi connectivity index (χ2v) is 4.54. The Morgan fingerprint density at radius 2 is 2.00 bits per heavy atom. The quantitative estimate of drug-likeness (QED) is 0.723. The largest absolute Gasteiger partial charge is 0.323 e. The molecule has 4 nitrogen and oxygen atoms in total. The standard InChI is InChI=1S/C15H13N3O/c1-9-10(2)18-15(19)14(17-9)12-5-6-13-11(8-12)4-3-7-16-13/h3-8H,1-2H3,(H,18,19). The number of hydrogen-bond donors (Lipinski definition) is 1. The molecule has 94 valence electrons. The smallest absolute Gasteiger partial charge is 0.274 e. The Kier molecular flexibility index (Phi) is 2.63. The fraction of sp³-hybridized carbons (Fsp3) is 0.133. The number of H-pyrrole nitrogens is 1. The Hall–Kier alpha value is -2.49. The van der Waals surface area contributed by atoms with Crippen molar-refractivity contribution in [2.24, 2.45) is 0 Å². The molecule has 0 unspecified atom stereocenters. The van der Waals surface area contributed by atoms with Crippen LogP contribution < -0.4 is 5.56 Å². The summed E-state index contributed by atoms with van der Waals surface area (Å²) in [6.07, 6.45) is 1.75. The molecule has 0 radical (unpaired) electrons. The molecule has 2 heterocycles. The van der Waals surface area contributed by atoms with E-state index < -0.39 is 0 Å². The molecule has 0 saturated heterocycles. The lowest BCUT2D eigenvalue weighted by molar-refractivity contribution is 1.02. The van der Waals surface area contributed by atoms with E-state index >= 15 is 0 Å². The van der Waals surface area contributed by atoms with Crippen molar-refractivity contribution in [2.75, 3.05) is 0 Å². The first-order chi connectivity index (χ1) is 9.15. The van der Waals surface area contributed by atoms with Gasteiger partial charge in [0.15, 0.2) is 0 Å². The van der Waals surface area contributed by atoms with Gasteiger partial charge in [0.25, 0.3) is 5.56 Å². The van der Waals surface area contributed by atoms with E-state index in [2.05, 4.69) is 15.0 Å². The van der Waals surface area contributed by atoms with Gasteiger partial charge in [-0.15, -0.1) is 0 Å². The van der Waals surface area contributed by atoms with Crippen LogP contribution >= 0.6 is 0 Å². The van der Waals surface area contributed by atoms with Crippen LogP contribution in [0.4, 0.5) is 0 Å². The van der Waals surface area contributed by atoms with E-state index in [0.717, 1.165) is 27.9 Å². The number of aromatic amines is 1. The van der Waals surface area contributed by atoms with Crippen molar-refractivity contribution in [1.29, 1.82) is 0 Å². The first-order valence-electron chi connectivity index (χ1n) is 6.08. The molecular formula is C15H13N3O. The summed E-state index contributed by atoms with van der Waals surface area (Å²) in [4.78, 5) is 23.5. The summed E-state index contributed by atoms with van der Waals surface area (Å²) in [5.41, 5.74) is 3.65. The highest BCUT2D eigenvalue weighted by atomic mass is 16.1. The van der Waals surface area contributed by atoms with Gasteiger partial charge in [0.1, 0.15) is 5.69 Å². The molecule has 0 spiro atoms. The number of nitrogens with zero attached hydrogens (tertiary/aromatic N) is 2. The maximum Gasteiger partial charge on any atom is 0.274 e. The molecule has 2 aromatic heterocycles. The van der Waals surface area contributed by atoms with E-state index in [9.17, 15) is 4.79 Å². The zero-order chi connectivity index (χ0) is 13.4. The average molecular weight is 251 g/mol. The van der Waals surface area contributed by atoms with E-state index in [4.69, 9.17) is 0 Å². The molecule has 4 heteroatoms. The number of nitrogens with one attached hydrogen (secondary N) is 1. The fourth-order valence-electron chi connectivity index (χ4n) is 2.04. The van der Waals surface area contributed by atoms with Crippen LogP contribution in [0.15, 0.2) is 41.3 Å². The van der Waals surface area contributed by atoms with Crippen LogP contribution in [-0.2, 0) is 0 Å². The Morgan fingerprint density at radius 1 is 1.16 bits per heavy atom. The molecule has 1 N–H and O–H groups in total. The minimum atomic E-state index is -0.161. The number of benzene rings is 1. The van der Waals surface area contributed by atoms with Crippen molar-refractivity contribution in [3.8, 4) is 11.3 Å². The third-order valence-corrected chi connectivity index (χ3v) is 3.21. The molecule has 0 atom stereocenters. The van der Waals surface area contributed by atoms with Gasteiger partial charge in [0, 0.05) is 22.8 Å². The summed E-state index contributed by atoms with van der Waals surface area (Å²) in [6.45, 7) is 3.73. The van der Waals surface area contributed by atoms with Crippen LogP contribution in [0.2, 0.25) is 0 Å². The van der Waals surface area contributed by atoms with E-state index in [-0.39, 0.29) is 5.56 Å². The molecule has 0 saturated carbocycles. The van der Waals surface area contributed by atoms with Gasteiger partial charge in [-0.2, -0.15) is 0 Å². The van der Waals surface area contributed by atoms with Gasteiger partial charge < -0.3 is 4.98 Å². The van der Waals surface area contributed by atoms with Crippen molar-refractivity contribution >= 4 is 10.9 Å². The monoisotopic (exact) mass is 251 g/mol. The summed E-state index contributed by atoms with van der Waals surface area (Å²) in [5.74, 6) is 0. The van der Waals surface area contributed by atoms with Crippen LogP contribution in [0.25, 0.3) is 22.2 Å². The summed E-state index contributed by atoms with van der Waals surface area (Å²) >= 11 is 0. The molecule has 19 heavy (non-hydrogen) atoms. The maximum atomic E-state index is 12.0. The first kappa shape index (κ1) is 11.6. The van der Waals surface area contributed by atoms with Crippen molar-refractivity contribution in [3.63, 3.8) is 0 Å². The lowest BCUT2D eigenvalue weighted by atomic mass is 10.1. The van der Waals surface area contributed by atoms with Gasteiger partial charge in [-0.05, 0) is 32.0 Å². The number of aryl methyl sites for hydroxylation is 2. The molecular weight excluding hydrogens is 238 g/mol. The third-order valence-electron chi connectivity index (χ3n) is 3.21. The summed E-state index contributed by atoms with van der Waals surface area (Å²) in [5, 5.41) is 0.999. The van der Waals surface area contributed by atoms with Gasteiger partial charge in [-0.1, -0.05) is 12.1 Å². The molecule has 1 aromatic carbocycles. The highest BCUT2D eigenvalue weighted by molar-refractivity contribution is 5.83. The predicted octanol–water partition coefficient (Wildman–Crippen LogP) is 2.60.